The molecule has 0 atom stereocenters. The fraction of sp³-hybridized carbons (Fsp3) is 0.0526. The van der Waals surface area contributed by atoms with Gasteiger partial charge in [-0.25, -0.2) is 0 Å². The monoisotopic (exact) mass is 508 g/mol. The summed E-state index contributed by atoms with van der Waals surface area (Å²) in [6, 6.07) is 32.0. The van der Waals surface area contributed by atoms with Crippen LogP contribution in [0.25, 0.3) is 0 Å². The van der Waals surface area contributed by atoms with E-state index in [2.05, 4.69) is 91.0 Å². The van der Waals surface area contributed by atoms with E-state index >= 15 is 0 Å². The van der Waals surface area contributed by atoms with E-state index in [4.69, 9.17) is 11.6 Å². The minimum atomic E-state index is -1.77. The van der Waals surface area contributed by atoms with Gasteiger partial charge in [0.15, 0.2) is 0 Å². The van der Waals surface area contributed by atoms with Gasteiger partial charge < -0.3 is 0 Å². The van der Waals surface area contributed by atoms with Gasteiger partial charge >= 0.3 is 0 Å². The molecule has 0 spiro atoms. The Bertz CT molecular complexity index is 590. The fourth-order valence-corrected chi connectivity index (χ4v) is 7.30. The van der Waals surface area contributed by atoms with Crippen molar-refractivity contribution in [1.29, 1.82) is 0 Å². The molecule has 22 heavy (non-hydrogen) atoms. The van der Waals surface area contributed by atoms with Crippen molar-refractivity contribution < 1.29 is 22.4 Å². The Labute approximate surface area is 153 Å². The van der Waals surface area contributed by atoms with Crippen molar-refractivity contribution in [2.24, 2.45) is 0 Å². The summed E-state index contributed by atoms with van der Waals surface area (Å²) in [6.45, 7) is 0. The fourth-order valence-electron chi connectivity index (χ4n) is 2.70. The smallest absolute Gasteiger partial charge is 0.0807 e. The Morgan fingerprint density at radius 3 is 1.05 bits per heavy atom. The molecule has 3 heteroatoms. The minimum Gasteiger partial charge on any atom is -0.0807 e. The van der Waals surface area contributed by atoms with Crippen LogP contribution in [0, 0.1) is 0 Å². The summed E-state index contributed by atoms with van der Waals surface area (Å²) in [5.74, 6) is 0. The molecule has 0 nitrogen and oxygen atoms in total. The van der Waals surface area contributed by atoms with Gasteiger partial charge in [-0.2, -0.15) is 0 Å². The van der Waals surface area contributed by atoms with Crippen molar-refractivity contribution in [3.8, 4) is 0 Å². The van der Waals surface area contributed by atoms with Gasteiger partial charge in [0.25, 0.3) is 0 Å². The standard InChI is InChI=1S/C19H17ClP.Au/c20-16-21(17-10-4-1-5-11-17,18-12-6-2-7-13-18)19-14-8-3-9-15-19;/h1-15H,16H2;/q+1;. The van der Waals surface area contributed by atoms with E-state index in [0.717, 1.165) is 0 Å². The SMILES string of the molecule is ClC[P+](c1ccccc1)(c1ccccc1)c1ccccc1.[Au]. The maximum absolute atomic E-state index is 6.58. The Kier molecular flexibility index (Phi) is 6.44. The van der Waals surface area contributed by atoms with E-state index in [1.54, 1.807) is 0 Å². The molecule has 0 unspecified atom stereocenters. The average molecular weight is 509 g/mol. The van der Waals surface area contributed by atoms with Crippen LogP contribution in [0.4, 0.5) is 0 Å². The third-order valence-corrected chi connectivity index (χ3v) is 8.74. The number of hydrogen-bond acceptors (Lipinski definition) is 0. The zero-order chi connectivity index (χ0) is 14.5. The molecule has 0 aliphatic carbocycles. The minimum absolute atomic E-state index is 0. The van der Waals surface area contributed by atoms with Crippen LogP contribution in [0.2, 0.25) is 0 Å². The first kappa shape index (κ1) is 17.5. The third kappa shape index (κ3) is 3.23. The summed E-state index contributed by atoms with van der Waals surface area (Å²) in [6.07, 6.45) is 0. The predicted octanol–water partition coefficient (Wildman–Crippen LogP) is 4.17. The molecule has 0 N–H and O–H groups in total. The van der Waals surface area contributed by atoms with Gasteiger partial charge in [0.1, 0.15) is 28.8 Å². The van der Waals surface area contributed by atoms with E-state index in [-0.39, 0.29) is 22.4 Å². The van der Waals surface area contributed by atoms with Gasteiger partial charge in [0.2, 0.25) is 0 Å². The molecule has 0 aliphatic rings. The van der Waals surface area contributed by atoms with Crippen LogP contribution < -0.4 is 15.9 Å². The molecule has 3 aromatic rings. The topological polar surface area (TPSA) is 0 Å². The summed E-state index contributed by atoms with van der Waals surface area (Å²) in [5, 5.41) is 3.99. The zero-order valence-corrected chi connectivity index (χ0v) is 15.8. The number of benzene rings is 3. The summed E-state index contributed by atoms with van der Waals surface area (Å²) >= 11 is 6.58. The quantitative estimate of drug-likeness (QED) is 0.282. The van der Waals surface area contributed by atoms with Gasteiger partial charge in [-0.3, -0.25) is 0 Å². The molecule has 0 saturated carbocycles. The van der Waals surface area contributed by atoms with Crippen molar-refractivity contribution in [2.75, 3.05) is 5.62 Å². The largest absolute Gasteiger partial charge is 0.146 e. The molecule has 0 saturated heterocycles. The summed E-state index contributed by atoms with van der Waals surface area (Å²) < 4.78 is 0. The van der Waals surface area contributed by atoms with E-state index in [0.29, 0.717) is 5.62 Å². The molecule has 115 valence electrons. The van der Waals surface area contributed by atoms with Crippen molar-refractivity contribution in [2.45, 2.75) is 0 Å². The molecule has 0 bridgehead atoms. The first-order chi connectivity index (χ1) is 10.4. The normalized spacial score (nSPS) is 10.8. The van der Waals surface area contributed by atoms with Gasteiger partial charge in [0.05, 0.1) is 0 Å². The van der Waals surface area contributed by atoms with Gasteiger partial charge in [0, 0.05) is 22.4 Å². The van der Waals surface area contributed by atoms with Crippen molar-refractivity contribution in [3.05, 3.63) is 91.0 Å². The summed E-state index contributed by atoms with van der Waals surface area (Å²) in [4.78, 5) is 0. The molecular weight excluding hydrogens is 492 g/mol. The first-order valence-electron chi connectivity index (χ1n) is 6.99. The zero-order valence-electron chi connectivity index (χ0n) is 12.0. The van der Waals surface area contributed by atoms with E-state index in [9.17, 15) is 0 Å². The van der Waals surface area contributed by atoms with Crippen molar-refractivity contribution in [3.63, 3.8) is 0 Å². The third-order valence-electron chi connectivity index (χ3n) is 3.77. The maximum Gasteiger partial charge on any atom is 0.146 e. The van der Waals surface area contributed by atoms with Crippen LogP contribution in [0.5, 0.6) is 0 Å². The molecule has 0 aliphatic heterocycles. The van der Waals surface area contributed by atoms with Crippen molar-refractivity contribution >= 4 is 34.8 Å². The molecule has 0 heterocycles. The van der Waals surface area contributed by atoms with Crippen LogP contribution >= 0.6 is 18.9 Å². The molecular formula is C19H17AuClP+. The second kappa shape index (κ2) is 8.11. The molecule has 3 aromatic carbocycles. The Balaban J connectivity index is 0.00000176. The predicted molar refractivity (Wildman–Crippen MR) is 95.9 cm³/mol. The van der Waals surface area contributed by atoms with Crippen LogP contribution in [-0.4, -0.2) is 5.62 Å². The van der Waals surface area contributed by atoms with E-state index in [1.165, 1.54) is 15.9 Å². The molecule has 3 rings (SSSR count). The number of alkyl halides is 1. The van der Waals surface area contributed by atoms with Crippen LogP contribution in [0.1, 0.15) is 0 Å². The average Bonchev–Trinajstić information content (AvgIpc) is 2.59. The van der Waals surface area contributed by atoms with Gasteiger partial charge in [-0.1, -0.05) is 66.2 Å². The number of hydrogen-bond donors (Lipinski definition) is 0. The number of halogens is 1. The Morgan fingerprint density at radius 2 is 0.818 bits per heavy atom. The van der Waals surface area contributed by atoms with Crippen molar-refractivity contribution in [1.82, 2.24) is 0 Å². The van der Waals surface area contributed by atoms with E-state index in [1.807, 2.05) is 0 Å². The van der Waals surface area contributed by atoms with Crippen LogP contribution in [-0.2, 0) is 22.4 Å². The molecule has 0 aromatic heterocycles. The van der Waals surface area contributed by atoms with E-state index < -0.39 is 7.26 Å². The second-order valence-electron chi connectivity index (χ2n) is 4.94. The summed E-state index contributed by atoms with van der Waals surface area (Å²) in [5.41, 5.74) is 0.616. The maximum atomic E-state index is 6.58. The number of rotatable bonds is 4. The molecule has 0 amide bonds. The Morgan fingerprint density at radius 1 is 0.545 bits per heavy atom. The van der Waals surface area contributed by atoms with Crippen LogP contribution in [0.15, 0.2) is 91.0 Å². The van der Waals surface area contributed by atoms with Gasteiger partial charge in [-0.15, -0.1) is 0 Å². The Hall–Kier alpha value is -0.880. The summed E-state index contributed by atoms with van der Waals surface area (Å²) in [7, 11) is -1.77. The van der Waals surface area contributed by atoms with Gasteiger partial charge in [-0.05, 0) is 36.4 Å². The first-order valence-corrected chi connectivity index (χ1v) is 9.49. The molecule has 0 fully saturated rings. The second-order valence-corrected chi connectivity index (χ2v) is 9.06. The molecule has 1 radical (unpaired) electrons. The van der Waals surface area contributed by atoms with Crippen LogP contribution in [0.3, 0.4) is 0 Å².